The van der Waals surface area contributed by atoms with E-state index >= 15 is 0 Å². The van der Waals surface area contributed by atoms with Crippen molar-refractivity contribution in [2.45, 2.75) is 11.6 Å². The summed E-state index contributed by atoms with van der Waals surface area (Å²) in [5.41, 5.74) is 0.431. The molecule has 8 nitrogen and oxygen atoms in total. The van der Waals surface area contributed by atoms with Gasteiger partial charge in [-0.25, -0.2) is 0 Å². The fourth-order valence-corrected chi connectivity index (χ4v) is 3.11. The zero-order valence-corrected chi connectivity index (χ0v) is 16.3. The Bertz CT molecular complexity index is 736. The van der Waals surface area contributed by atoms with Crippen LogP contribution in [0.25, 0.3) is 0 Å². The van der Waals surface area contributed by atoms with Crippen LogP contribution in [0.5, 0.6) is 11.5 Å². The molecule has 9 heteroatoms. The van der Waals surface area contributed by atoms with Crippen LogP contribution in [0.3, 0.4) is 0 Å². The van der Waals surface area contributed by atoms with Crippen LogP contribution in [-0.2, 0) is 18.2 Å². The minimum Gasteiger partial charge on any atom is -0.497 e. The van der Waals surface area contributed by atoms with E-state index in [2.05, 4.69) is 15.5 Å². The molecule has 0 fully saturated rings. The summed E-state index contributed by atoms with van der Waals surface area (Å²) in [6, 6.07) is 5.11. The van der Waals surface area contributed by atoms with Crippen molar-refractivity contribution in [1.29, 1.82) is 0 Å². The zero-order chi connectivity index (χ0) is 18.9. The molecule has 0 spiro atoms. The molecule has 0 aliphatic carbocycles. The van der Waals surface area contributed by atoms with Gasteiger partial charge in [0.1, 0.15) is 17.3 Å². The maximum absolute atomic E-state index is 12.4. The number of ether oxygens (including phenoxy) is 3. The van der Waals surface area contributed by atoms with E-state index in [0.717, 1.165) is 16.7 Å². The van der Waals surface area contributed by atoms with E-state index in [0.29, 0.717) is 36.6 Å². The van der Waals surface area contributed by atoms with Gasteiger partial charge in [-0.3, -0.25) is 4.79 Å². The van der Waals surface area contributed by atoms with Crippen LogP contribution in [0.4, 0.5) is 0 Å². The molecule has 0 aliphatic heterocycles. The summed E-state index contributed by atoms with van der Waals surface area (Å²) in [5, 5.41) is 12.1. The van der Waals surface area contributed by atoms with Crippen LogP contribution >= 0.6 is 11.8 Å². The summed E-state index contributed by atoms with van der Waals surface area (Å²) in [6.07, 6.45) is 0.576. The van der Waals surface area contributed by atoms with E-state index in [-0.39, 0.29) is 5.91 Å². The fraction of sp³-hybridized carbons (Fsp3) is 0.471. The molecule has 0 unspecified atom stereocenters. The van der Waals surface area contributed by atoms with Gasteiger partial charge >= 0.3 is 0 Å². The predicted molar refractivity (Wildman–Crippen MR) is 99.2 cm³/mol. The molecule has 0 saturated carbocycles. The number of hydrogen-bond acceptors (Lipinski definition) is 7. The maximum atomic E-state index is 12.4. The lowest BCUT2D eigenvalue weighted by Crippen LogP contribution is -2.26. The fourth-order valence-electron chi connectivity index (χ4n) is 2.28. The van der Waals surface area contributed by atoms with Crippen LogP contribution in [0.2, 0.25) is 0 Å². The van der Waals surface area contributed by atoms with Gasteiger partial charge < -0.3 is 24.1 Å². The van der Waals surface area contributed by atoms with Gasteiger partial charge in [-0.1, -0.05) is 11.8 Å². The Kier molecular flexibility index (Phi) is 7.73. The molecule has 0 radical (unpaired) electrons. The molecule has 142 valence electrons. The van der Waals surface area contributed by atoms with Gasteiger partial charge in [-0.05, 0) is 18.2 Å². The monoisotopic (exact) mass is 380 g/mol. The predicted octanol–water partition coefficient (Wildman–Crippen LogP) is 1.54. The number of aromatic nitrogens is 3. The van der Waals surface area contributed by atoms with Gasteiger partial charge in [0.25, 0.3) is 5.91 Å². The number of rotatable bonds is 10. The first-order chi connectivity index (χ1) is 12.6. The molecule has 1 N–H and O–H groups in total. The Balaban J connectivity index is 1.93. The third-order valence-electron chi connectivity index (χ3n) is 3.73. The van der Waals surface area contributed by atoms with E-state index in [1.807, 2.05) is 11.6 Å². The summed E-state index contributed by atoms with van der Waals surface area (Å²) in [5.74, 6) is 2.50. The second kappa shape index (κ2) is 10.0. The lowest BCUT2D eigenvalue weighted by molar-refractivity contribution is 0.0950. The van der Waals surface area contributed by atoms with Crippen molar-refractivity contribution in [3.05, 3.63) is 29.6 Å². The summed E-state index contributed by atoms with van der Waals surface area (Å²) < 4.78 is 17.4. The van der Waals surface area contributed by atoms with Crippen LogP contribution in [-0.4, -0.2) is 60.9 Å². The van der Waals surface area contributed by atoms with E-state index in [9.17, 15) is 4.79 Å². The average Bonchev–Trinajstić information content (AvgIpc) is 3.01. The number of carbonyl (C=O) groups excluding carboxylic acids is 1. The normalized spacial score (nSPS) is 10.6. The Morgan fingerprint density at radius 1 is 1.23 bits per heavy atom. The molecular formula is C17H24N4O4S. The molecule has 1 heterocycles. The third-order valence-corrected chi connectivity index (χ3v) is 4.71. The largest absolute Gasteiger partial charge is 0.497 e. The van der Waals surface area contributed by atoms with E-state index in [4.69, 9.17) is 14.2 Å². The zero-order valence-electron chi connectivity index (χ0n) is 15.4. The molecule has 0 saturated heterocycles. The van der Waals surface area contributed by atoms with Crippen molar-refractivity contribution in [3.63, 3.8) is 0 Å². The Labute approximate surface area is 157 Å². The number of hydrogen-bond donors (Lipinski definition) is 1. The second-order valence-electron chi connectivity index (χ2n) is 5.37. The Morgan fingerprint density at radius 3 is 2.73 bits per heavy atom. The van der Waals surface area contributed by atoms with Gasteiger partial charge in [-0.2, -0.15) is 0 Å². The van der Waals surface area contributed by atoms with E-state index in [1.165, 1.54) is 7.11 Å². The highest BCUT2D eigenvalue weighted by Crippen LogP contribution is 2.23. The molecule has 1 aromatic carbocycles. The summed E-state index contributed by atoms with van der Waals surface area (Å²) >= 11 is 1.58. The van der Waals surface area contributed by atoms with Gasteiger partial charge in [0.05, 0.1) is 26.4 Å². The van der Waals surface area contributed by atoms with E-state index < -0.39 is 0 Å². The molecule has 2 aromatic rings. The minimum absolute atomic E-state index is 0.224. The molecule has 0 atom stereocenters. The van der Waals surface area contributed by atoms with Crippen molar-refractivity contribution >= 4 is 17.7 Å². The van der Waals surface area contributed by atoms with Gasteiger partial charge in [0, 0.05) is 32.9 Å². The molecule has 0 aliphatic rings. The topological polar surface area (TPSA) is 87.5 Å². The summed E-state index contributed by atoms with van der Waals surface area (Å²) in [4.78, 5) is 12.4. The number of methoxy groups -OCH3 is 3. The molecule has 26 heavy (non-hydrogen) atoms. The molecular weight excluding hydrogens is 356 g/mol. The van der Waals surface area contributed by atoms with Gasteiger partial charge in [0.2, 0.25) is 0 Å². The van der Waals surface area contributed by atoms with Crippen LogP contribution in [0, 0.1) is 0 Å². The quantitative estimate of drug-likeness (QED) is 0.494. The van der Waals surface area contributed by atoms with Crippen molar-refractivity contribution < 1.29 is 19.0 Å². The first-order valence-electron chi connectivity index (χ1n) is 8.11. The lowest BCUT2D eigenvalue weighted by atomic mass is 10.1. The van der Waals surface area contributed by atoms with Crippen molar-refractivity contribution in [3.8, 4) is 11.5 Å². The number of nitrogens with zero attached hydrogens (tertiary/aromatic N) is 3. The van der Waals surface area contributed by atoms with Crippen molar-refractivity contribution in [2.24, 2.45) is 7.05 Å². The average molecular weight is 380 g/mol. The first kappa shape index (κ1) is 20.1. The number of nitrogens with one attached hydrogen (secondary N) is 1. The van der Waals surface area contributed by atoms with Gasteiger partial charge in [0.15, 0.2) is 5.16 Å². The minimum atomic E-state index is -0.224. The molecule has 2 rings (SSSR count). The summed E-state index contributed by atoms with van der Waals surface area (Å²) in [6.45, 7) is 1.10. The van der Waals surface area contributed by atoms with Crippen LogP contribution in [0.1, 0.15) is 16.2 Å². The molecule has 1 amide bonds. The van der Waals surface area contributed by atoms with Crippen LogP contribution < -0.4 is 14.8 Å². The van der Waals surface area contributed by atoms with E-state index in [1.54, 1.807) is 44.2 Å². The highest BCUT2D eigenvalue weighted by molar-refractivity contribution is 7.99. The number of thioether (sulfide) groups is 1. The lowest BCUT2D eigenvalue weighted by Gasteiger charge is -2.11. The third kappa shape index (κ3) is 5.12. The number of benzene rings is 1. The molecule has 1 aromatic heterocycles. The highest BCUT2D eigenvalue weighted by atomic mass is 32.2. The summed E-state index contributed by atoms with van der Waals surface area (Å²) in [7, 11) is 6.67. The molecule has 0 bridgehead atoms. The number of amides is 1. The Morgan fingerprint density at radius 2 is 2.04 bits per heavy atom. The smallest absolute Gasteiger partial charge is 0.255 e. The maximum Gasteiger partial charge on any atom is 0.255 e. The standard InChI is InChI=1S/C17H24N4O4S/c1-21-15(19-20-17(21)26-10-9-23-2)7-8-18-16(22)13-11-12(24-3)5-6-14(13)25-4/h5-6,11H,7-10H2,1-4H3,(H,18,22). The first-order valence-corrected chi connectivity index (χ1v) is 9.09. The SMILES string of the molecule is COCCSc1nnc(CCNC(=O)c2cc(OC)ccc2OC)n1C. The number of carbonyl (C=O) groups is 1. The van der Waals surface area contributed by atoms with Gasteiger partial charge in [-0.15, -0.1) is 10.2 Å². The second-order valence-corrected chi connectivity index (χ2v) is 6.43. The van der Waals surface area contributed by atoms with Crippen LogP contribution in [0.15, 0.2) is 23.4 Å². The van der Waals surface area contributed by atoms with Crippen molar-refractivity contribution in [2.75, 3.05) is 40.2 Å². The Hall–Kier alpha value is -2.26. The highest BCUT2D eigenvalue weighted by Gasteiger charge is 2.14. The van der Waals surface area contributed by atoms with Crippen molar-refractivity contribution in [1.82, 2.24) is 20.1 Å².